The lowest BCUT2D eigenvalue weighted by molar-refractivity contribution is 0.340. The summed E-state index contributed by atoms with van der Waals surface area (Å²) in [5.74, 6) is 1.19. The molecule has 20 heavy (non-hydrogen) atoms. The van der Waals surface area contributed by atoms with Gasteiger partial charge in [-0.05, 0) is 25.0 Å². The first-order valence-corrected chi connectivity index (χ1v) is 7.57. The van der Waals surface area contributed by atoms with Gasteiger partial charge in [0.1, 0.15) is 10.8 Å². The van der Waals surface area contributed by atoms with Gasteiger partial charge in [-0.1, -0.05) is 26.0 Å². The maximum absolute atomic E-state index is 8.93. The molecule has 0 aliphatic rings. The molecule has 104 valence electrons. The summed E-state index contributed by atoms with van der Waals surface area (Å²) in [7, 11) is 0. The van der Waals surface area contributed by atoms with Crippen LogP contribution < -0.4 is 4.74 Å². The molecule has 0 amide bonds. The van der Waals surface area contributed by atoms with E-state index in [4.69, 9.17) is 15.0 Å². The van der Waals surface area contributed by atoms with Crippen molar-refractivity contribution in [3.05, 3.63) is 34.8 Å². The van der Waals surface area contributed by atoms with Crippen LogP contribution in [-0.4, -0.2) is 11.6 Å². The average molecular weight is 286 g/mol. The van der Waals surface area contributed by atoms with Crippen LogP contribution in [0.3, 0.4) is 0 Å². The standard InChI is InChI=1S/C16H18N2OS/c1-4-19-13-7-5-6-12(10-13)16-18-15(11(2)3)14(20-16)8-9-17/h5-7,10-11H,4,8H2,1-3H3. The number of ether oxygens (including phenoxy) is 1. The third-order valence-corrected chi connectivity index (χ3v) is 4.03. The second kappa shape index (κ2) is 6.53. The molecule has 2 aromatic rings. The first-order chi connectivity index (χ1) is 9.65. The van der Waals surface area contributed by atoms with Crippen molar-refractivity contribution in [2.24, 2.45) is 0 Å². The Labute approximate surface area is 123 Å². The Bertz CT molecular complexity index is 626. The van der Waals surface area contributed by atoms with Crippen molar-refractivity contribution < 1.29 is 4.74 Å². The highest BCUT2D eigenvalue weighted by Gasteiger charge is 2.15. The molecule has 1 aromatic heterocycles. The Balaban J connectivity index is 2.40. The summed E-state index contributed by atoms with van der Waals surface area (Å²) >= 11 is 1.60. The third-order valence-electron chi connectivity index (χ3n) is 2.91. The highest BCUT2D eigenvalue weighted by Crippen LogP contribution is 2.33. The largest absolute Gasteiger partial charge is 0.494 e. The van der Waals surface area contributed by atoms with Gasteiger partial charge < -0.3 is 4.74 Å². The quantitative estimate of drug-likeness (QED) is 0.818. The number of hydrogen-bond donors (Lipinski definition) is 0. The molecule has 1 heterocycles. The molecule has 0 saturated heterocycles. The van der Waals surface area contributed by atoms with E-state index >= 15 is 0 Å². The normalized spacial score (nSPS) is 10.6. The predicted octanol–water partition coefficient (Wildman–Crippen LogP) is 4.40. The summed E-state index contributed by atoms with van der Waals surface area (Å²) in [5.41, 5.74) is 2.08. The molecule has 0 spiro atoms. The molecule has 4 heteroatoms. The van der Waals surface area contributed by atoms with E-state index in [9.17, 15) is 0 Å². The lowest BCUT2D eigenvalue weighted by Crippen LogP contribution is -1.93. The SMILES string of the molecule is CCOc1cccc(-c2nc(C(C)C)c(CC#N)s2)c1. The topological polar surface area (TPSA) is 45.9 Å². The van der Waals surface area contributed by atoms with E-state index in [1.54, 1.807) is 11.3 Å². The van der Waals surface area contributed by atoms with Crippen LogP contribution in [0.2, 0.25) is 0 Å². The fraction of sp³-hybridized carbons (Fsp3) is 0.375. The molecule has 0 saturated carbocycles. The Morgan fingerprint density at radius 3 is 2.85 bits per heavy atom. The zero-order valence-electron chi connectivity index (χ0n) is 12.0. The minimum atomic E-state index is 0.332. The first kappa shape index (κ1) is 14.5. The van der Waals surface area contributed by atoms with Gasteiger partial charge in [0.25, 0.3) is 0 Å². The van der Waals surface area contributed by atoms with Gasteiger partial charge in [0.15, 0.2) is 0 Å². The van der Waals surface area contributed by atoms with Crippen LogP contribution >= 0.6 is 11.3 Å². The smallest absolute Gasteiger partial charge is 0.124 e. The molecular weight excluding hydrogens is 268 g/mol. The van der Waals surface area contributed by atoms with Crippen molar-refractivity contribution in [2.45, 2.75) is 33.1 Å². The van der Waals surface area contributed by atoms with Crippen molar-refractivity contribution in [2.75, 3.05) is 6.61 Å². The van der Waals surface area contributed by atoms with Crippen LogP contribution in [0.15, 0.2) is 24.3 Å². The van der Waals surface area contributed by atoms with Crippen molar-refractivity contribution in [1.82, 2.24) is 4.98 Å². The van der Waals surface area contributed by atoms with Crippen LogP contribution in [0.5, 0.6) is 5.75 Å². The molecule has 1 aromatic carbocycles. The molecule has 0 N–H and O–H groups in total. The van der Waals surface area contributed by atoms with E-state index in [0.717, 1.165) is 26.9 Å². The van der Waals surface area contributed by atoms with Gasteiger partial charge in [-0.15, -0.1) is 11.3 Å². The van der Waals surface area contributed by atoms with Gasteiger partial charge in [0.05, 0.1) is 24.8 Å². The van der Waals surface area contributed by atoms with Crippen LogP contribution in [0.1, 0.15) is 37.3 Å². The van der Waals surface area contributed by atoms with Gasteiger partial charge in [-0.3, -0.25) is 0 Å². The van der Waals surface area contributed by atoms with E-state index in [1.807, 2.05) is 31.2 Å². The molecule has 0 aliphatic carbocycles. The molecule has 0 bridgehead atoms. The van der Waals surface area contributed by atoms with Gasteiger partial charge in [-0.2, -0.15) is 5.26 Å². The number of hydrogen-bond acceptors (Lipinski definition) is 4. The van der Waals surface area contributed by atoms with Crippen molar-refractivity contribution in [3.63, 3.8) is 0 Å². The van der Waals surface area contributed by atoms with Crippen LogP contribution in [0, 0.1) is 11.3 Å². The van der Waals surface area contributed by atoms with E-state index in [2.05, 4.69) is 19.9 Å². The lowest BCUT2D eigenvalue weighted by Gasteiger charge is -2.04. The van der Waals surface area contributed by atoms with Gasteiger partial charge in [0, 0.05) is 10.4 Å². The summed E-state index contributed by atoms with van der Waals surface area (Å²) in [6, 6.07) is 10.2. The zero-order valence-corrected chi connectivity index (χ0v) is 12.8. The second-order valence-corrected chi connectivity index (χ2v) is 5.86. The first-order valence-electron chi connectivity index (χ1n) is 6.75. The molecular formula is C16H18N2OS. The highest BCUT2D eigenvalue weighted by atomic mass is 32.1. The Morgan fingerprint density at radius 2 is 2.20 bits per heavy atom. The van der Waals surface area contributed by atoms with Gasteiger partial charge >= 0.3 is 0 Å². The summed E-state index contributed by atoms with van der Waals surface area (Å²) in [5, 5.41) is 9.89. The highest BCUT2D eigenvalue weighted by molar-refractivity contribution is 7.15. The monoisotopic (exact) mass is 286 g/mol. The number of benzene rings is 1. The molecule has 3 nitrogen and oxygen atoms in total. The number of aromatic nitrogens is 1. The predicted molar refractivity (Wildman–Crippen MR) is 82.1 cm³/mol. The molecule has 0 fully saturated rings. The van der Waals surface area contributed by atoms with Crippen LogP contribution in [0.25, 0.3) is 10.6 Å². The summed E-state index contributed by atoms with van der Waals surface area (Å²) in [4.78, 5) is 5.78. The Morgan fingerprint density at radius 1 is 1.40 bits per heavy atom. The minimum absolute atomic E-state index is 0.332. The molecule has 0 atom stereocenters. The van der Waals surface area contributed by atoms with Crippen LogP contribution in [-0.2, 0) is 6.42 Å². The van der Waals surface area contributed by atoms with E-state index in [0.29, 0.717) is 18.9 Å². The minimum Gasteiger partial charge on any atom is -0.494 e. The number of rotatable bonds is 5. The maximum atomic E-state index is 8.93. The lowest BCUT2D eigenvalue weighted by atomic mass is 10.1. The zero-order chi connectivity index (χ0) is 14.5. The number of thiazole rings is 1. The summed E-state index contributed by atoms with van der Waals surface area (Å²) in [6.45, 7) is 6.84. The fourth-order valence-electron chi connectivity index (χ4n) is 2.02. The van der Waals surface area contributed by atoms with Crippen molar-refractivity contribution in [1.29, 1.82) is 5.26 Å². The summed E-state index contributed by atoms with van der Waals surface area (Å²) in [6.07, 6.45) is 0.427. The van der Waals surface area contributed by atoms with E-state index in [-0.39, 0.29) is 0 Å². The Hall–Kier alpha value is -1.86. The molecule has 2 rings (SSSR count). The number of nitriles is 1. The third kappa shape index (κ3) is 3.17. The second-order valence-electron chi connectivity index (χ2n) is 4.78. The average Bonchev–Trinajstić information content (AvgIpc) is 2.84. The molecule has 0 radical (unpaired) electrons. The fourth-order valence-corrected chi connectivity index (χ4v) is 3.17. The van der Waals surface area contributed by atoms with E-state index in [1.165, 1.54) is 0 Å². The Kier molecular flexibility index (Phi) is 4.75. The maximum Gasteiger partial charge on any atom is 0.124 e. The number of nitrogens with zero attached hydrogens (tertiary/aromatic N) is 2. The molecule has 0 aliphatic heterocycles. The van der Waals surface area contributed by atoms with Crippen LogP contribution in [0.4, 0.5) is 0 Å². The summed E-state index contributed by atoms with van der Waals surface area (Å²) < 4.78 is 5.52. The van der Waals surface area contributed by atoms with Crippen molar-refractivity contribution >= 4 is 11.3 Å². The van der Waals surface area contributed by atoms with Crippen molar-refractivity contribution in [3.8, 4) is 22.4 Å². The van der Waals surface area contributed by atoms with E-state index < -0.39 is 0 Å². The van der Waals surface area contributed by atoms with Gasteiger partial charge in [0.2, 0.25) is 0 Å². The van der Waals surface area contributed by atoms with Gasteiger partial charge in [-0.25, -0.2) is 4.98 Å². The molecule has 0 unspecified atom stereocenters.